The van der Waals surface area contributed by atoms with Crippen LogP contribution in [0.25, 0.3) is 0 Å². The van der Waals surface area contributed by atoms with Gasteiger partial charge in [0.25, 0.3) is 5.91 Å². The van der Waals surface area contributed by atoms with Crippen LogP contribution in [0.4, 0.5) is 13.2 Å². The lowest BCUT2D eigenvalue weighted by atomic mass is 9.72. The second-order valence-electron chi connectivity index (χ2n) is 6.72. The lowest BCUT2D eigenvalue weighted by Crippen LogP contribution is -2.50. The molecule has 1 N–H and O–H groups in total. The molecule has 1 fully saturated rings. The number of hydrogen-bond donors (Lipinski definition) is 1. The molecular formula is C16H22F3N3O2. The Hall–Kier alpha value is -1.70. The van der Waals surface area contributed by atoms with Gasteiger partial charge in [0.15, 0.2) is 0 Å². The van der Waals surface area contributed by atoms with E-state index in [0.29, 0.717) is 19.5 Å². The Morgan fingerprint density at radius 3 is 2.62 bits per heavy atom. The lowest BCUT2D eigenvalue weighted by molar-refractivity contribution is -0.145. The van der Waals surface area contributed by atoms with Gasteiger partial charge in [-0.3, -0.25) is 4.79 Å². The SMILES string of the molecule is Cc1cc(C(=O)N2CCCC(CO)(C(C)C)C2)nc(C(F)(F)F)n1. The van der Waals surface area contributed by atoms with Gasteiger partial charge in [0.2, 0.25) is 5.82 Å². The van der Waals surface area contributed by atoms with Crippen LogP contribution < -0.4 is 0 Å². The predicted molar refractivity (Wildman–Crippen MR) is 81.3 cm³/mol. The van der Waals surface area contributed by atoms with Gasteiger partial charge >= 0.3 is 6.18 Å². The zero-order valence-electron chi connectivity index (χ0n) is 14.0. The van der Waals surface area contributed by atoms with Crippen LogP contribution in [0.3, 0.4) is 0 Å². The van der Waals surface area contributed by atoms with E-state index in [9.17, 15) is 23.1 Å². The van der Waals surface area contributed by atoms with Crippen molar-refractivity contribution in [2.24, 2.45) is 11.3 Å². The maximum absolute atomic E-state index is 12.9. The fourth-order valence-electron chi connectivity index (χ4n) is 3.08. The van der Waals surface area contributed by atoms with E-state index in [2.05, 4.69) is 9.97 Å². The van der Waals surface area contributed by atoms with E-state index in [-0.39, 0.29) is 23.9 Å². The summed E-state index contributed by atoms with van der Waals surface area (Å²) < 4.78 is 38.6. The maximum Gasteiger partial charge on any atom is 0.451 e. The van der Waals surface area contributed by atoms with E-state index >= 15 is 0 Å². The molecule has 1 aromatic rings. The monoisotopic (exact) mass is 345 g/mol. The molecule has 0 bridgehead atoms. The number of rotatable bonds is 3. The van der Waals surface area contributed by atoms with Gasteiger partial charge in [0, 0.05) is 24.2 Å². The van der Waals surface area contributed by atoms with Crippen LogP contribution >= 0.6 is 0 Å². The molecule has 1 aliphatic heterocycles. The zero-order chi connectivity index (χ0) is 18.1. The second kappa shape index (κ2) is 6.66. The number of nitrogens with zero attached hydrogens (tertiary/aromatic N) is 3. The number of likely N-dealkylation sites (tertiary alicyclic amines) is 1. The van der Waals surface area contributed by atoms with Crippen molar-refractivity contribution in [3.63, 3.8) is 0 Å². The number of hydrogen-bond acceptors (Lipinski definition) is 4. The third kappa shape index (κ3) is 3.68. The highest BCUT2D eigenvalue weighted by Gasteiger charge is 2.40. The summed E-state index contributed by atoms with van der Waals surface area (Å²) in [7, 11) is 0. The van der Waals surface area contributed by atoms with Gasteiger partial charge in [-0.15, -0.1) is 0 Å². The molecule has 134 valence electrons. The van der Waals surface area contributed by atoms with Gasteiger partial charge in [-0.25, -0.2) is 9.97 Å². The Morgan fingerprint density at radius 1 is 1.42 bits per heavy atom. The van der Waals surface area contributed by atoms with Crippen molar-refractivity contribution in [3.8, 4) is 0 Å². The Kier molecular flexibility index (Phi) is 5.17. The first-order valence-corrected chi connectivity index (χ1v) is 7.92. The van der Waals surface area contributed by atoms with Crippen LogP contribution in [-0.2, 0) is 6.18 Å². The predicted octanol–water partition coefficient (Wildman–Crippen LogP) is 2.67. The summed E-state index contributed by atoms with van der Waals surface area (Å²) >= 11 is 0. The number of halogens is 3. The van der Waals surface area contributed by atoms with Gasteiger partial charge < -0.3 is 10.0 Å². The van der Waals surface area contributed by atoms with Crippen molar-refractivity contribution in [1.82, 2.24) is 14.9 Å². The third-order valence-electron chi connectivity index (χ3n) is 4.76. The molecule has 1 amide bonds. The van der Waals surface area contributed by atoms with E-state index < -0.39 is 23.3 Å². The van der Waals surface area contributed by atoms with Gasteiger partial charge in [0.1, 0.15) is 5.69 Å². The Bertz CT molecular complexity index is 619. The minimum absolute atomic E-state index is 0.0644. The fraction of sp³-hybridized carbons (Fsp3) is 0.688. The normalized spacial score (nSPS) is 22.1. The van der Waals surface area contributed by atoms with E-state index in [1.165, 1.54) is 17.9 Å². The molecule has 0 radical (unpaired) electrons. The van der Waals surface area contributed by atoms with Crippen molar-refractivity contribution in [2.75, 3.05) is 19.7 Å². The molecule has 1 aromatic heterocycles. The molecule has 1 unspecified atom stereocenters. The molecule has 5 nitrogen and oxygen atoms in total. The molecule has 1 atom stereocenters. The standard InChI is InChI=1S/C16H22F3N3O2/c1-10(2)15(9-23)5-4-6-22(8-15)13(24)12-7-11(3)20-14(21-12)16(17,18)19/h7,10,23H,4-6,8-9H2,1-3H3. The van der Waals surface area contributed by atoms with Crippen LogP contribution in [0.1, 0.15) is 48.7 Å². The highest BCUT2D eigenvalue weighted by atomic mass is 19.4. The van der Waals surface area contributed by atoms with Crippen LogP contribution in [0.5, 0.6) is 0 Å². The molecule has 1 aliphatic rings. The number of aryl methyl sites for hydroxylation is 1. The van der Waals surface area contributed by atoms with E-state index in [4.69, 9.17) is 0 Å². The largest absolute Gasteiger partial charge is 0.451 e. The maximum atomic E-state index is 12.9. The molecule has 0 saturated carbocycles. The van der Waals surface area contributed by atoms with Crippen molar-refractivity contribution in [1.29, 1.82) is 0 Å². The Morgan fingerprint density at radius 2 is 2.08 bits per heavy atom. The molecule has 2 heterocycles. The summed E-state index contributed by atoms with van der Waals surface area (Å²) in [5.74, 6) is -1.71. The first kappa shape index (κ1) is 18.6. The van der Waals surface area contributed by atoms with Crippen LogP contribution in [-0.4, -0.2) is 45.6 Å². The van der Waals surface area contributed by atoms with Crippen LogP contribution in [0.2, 0.25) is 0 Å². The Labute approximate surface area is 138 Å². The minimum Gasteiger partial charge on any atom is -0.396 e. The van der Waals surface area contributed by atoms with E-state index in [1.54, 1.807) is 0 Å². The molecule has 2 rings (SSSR count). The fourth-order valence-corrected chi connectivity index (χ4v) is 3.08. The zero-order valence-corrected chi connectivity index (χ0v) is 14.0. The molecule has 1 saturated heterocycles. The highest BCUT2D eigenvalue weighted by Crippen LogP contribution is 2.37. The second-order valence-corrected chi connectivity index (χ2v) is 6.72. The number of aromatic nitrogens is 2. The lowest BCUT2D eigenvalue weighted by Gasteiger charge is -2.44. The van der Waals surface area contributed by atoms with Crippen molar-refractivity contribution < 1.29 is 23.1 Å². The van der Waals surface area contributed by atoms with Gasteiger partial charge in [-0.2, -0.15) is 13.2 Å². The number of carbonyl (C=O) groups is 1. The average molecular weight is 345 g/mol. The first-order valence-electron chi connectivity index (χ1n) is 7.92. The average Bonchev–Trinajstić information content (AvgIpc) is 2.52. The highest BCUT2D eigenvalue weighted by molar-refractivity contribution is 5.92. The minimum atomic E-state index is -4.70. The van der Waals surface area contributed by atoms with Crippen molar-refractivity contribution >= 4 is 5.91 Å². The third-order valence-corrected chi connectivity index (χ3v) is 4.76. The topological polar surface area (TPSA) is 66.3 Å². The van der Waals surface area contributed by atoms with Gasteiger partial charge in [-0.1, -0.05) is 13.8 Å². The molecular weight excluding hydrogens is 323 g/mol. The number of aliphatic hydroxyl groups is 1. The molecule has 0 aliphatic carbocycles. The quantitative estimate of drug-likeness (QED) is 0.915. The number of piperidine rings is 1. The van der Waals surface area contributed by atoms with Crippen LogP contribution in [0, 0.1) is 18.3 Å². The van der Waals surface area contributed by atoms with Crippen molar-refractivity contribution in [3.05, 3.63) is 23.3 Å². The number of aliphatic hydroxyl groups excluding tert-OH is 1. The molecule has 24 heavy (non-hydrogen) atoms. The summed E-state index contributed by atoms with van der Waals surface area (Å²) in [6.07, 6.45) is -3.22. The van der Waals surface area contributed by atoms with Gasteiger partial charge in [-0.05, 0) is 31.7 Å². The number of carbonyl (C=O) groups excluding carboxylic acids is 1. The first-order chi connectivity index (χ1) is 11.1. The smallest absolute Gasteiger partial charge is 0.396 e. The van der Waals surface area contributed by atoms with Gasteiger partial charge in [0.05, 0.1) is 6.61 Å². The molecule has 0 aromatic carbocycles. The molecule has 8 heteroatoms. The summed E-state index contributed by atoms with van der Waals surface area (Å²) in [5, 5.41) is 9.76. The summed E-state index contributed by atoms with van der Waals surface area (Å²) in [4.78, 5) is 20.9. The Balaban J connectivity index is 2.30. The number of amides is 1. The number of alkyl halides is 3. The van der Waals surface area contributed by atoms with E-state index in [0.717, 1.165) is 6.42 Å². The summed E-state index contributed by atoms with van der Waals surface area (Å²) in [6.45, 7) is 6.03. The summed E-state index contributed by atoms with van der Waals surface area (Å²) in [5.41, 5.74) is -0.592. The van der Waals surface area contributed by atoms with Crippen LogP contribution in [0.15, 0.2) is 6.07 Å². The summed E-state index contributed by atoms with van der Waals surface area (Å²) in [6, 6.07) is 1.27. The van der Waals surface area contributed by atoms with Crippen molar-refractivity contribution in [2.45, 2.75) is 39.8 Å². The molecule has 0 spiro atoms. The van der Waals surface area contributed by atoms with E-state index in [1.807, 2.05) is 13.8 Å².